The maximum absolute atomic E-state index is 11.4. The van der Waals surface area contributed by atoms with Crippen molar-refractivity contribution in [3.8, 4) is 6.07 Å². The number of carbonyl (C=O) groups is 1. The largest absolute Gasteiger partial charge is 0.364 e. The number of aromatic nitrogens is 2. The molecule has 0 aliphatic rings. The van der Waals surface area contributed by atoms with Crippen molar-refractivity contribution in [3.05, 3.63) is 30.0 Å². The number of hydrogen-bond donors (Lipinski definition) is 1. The molecule has 0 radical (unpaired) electrons. The number of aryl methyl sites for hydroxylation is 1. The van der Waals surface area contributed by atoms with Gasteiger partial charge in [-0.1, -0.05) is 25.1 Å². The van der Waals surface area contributed by atoms with E-state index in [-0.39, 0.29) is 5.92 Å². The summed E-state index contributed by atoms with van der Waals surface area (Å²) < 4.78 is 1.76. The molecule has 0 bridgehead atoms. The highest BCUT2D eigenvalue weighted by molar-refractivity contribution is 6.04. The zero-order valence-corrected chi connectivity index (χ0v) is 10.8. The van der Waals surface area contributed by atoms with Crippen molar-refractivity contribution in [2.24, 2.45) is 11.7 Å². The maximum Gasteiger partial charge on any atom is 0.269 e. The van der Waals surface area contributed by atoms with Gasteiger partial charge in [0.25, 0.3) is 5.91 Å². The van der Waals surface area contributed by atoms with Crippen LogP contribution in [0, 0.1) is 17.2 Å². The van der Waals surface area contributed by atoms with E-state index in [1.807, 2.05) is 31.2 Å². The summed E-state index contributed by atoms with van der Waals surface area (Å²) in [6, 6.07) is 9.75. The number of primary amides is 1. The van der Waals surface area contributed by atoms with Crippen molar-refractivity contribution in [3.63, 3.8) is 0 Å². The normalized spacial score (nSPS) is 12.2. The molecular weight excluding hydrogens is 240 g/mol. The third-order valence-electron chi connectivity index (χ3n) is 3.26. The van der Waals surface area contributed by atoms with Crippen LogP contribution < -0.4 is 5.73 Å². The summed E-state index contributed by atoms with van der Waals surface area (Å²) in [6.45, 7) is 2.60. The van der Waals surface area contributed by atoms with E-state index in [9.17, 15) is 4.79 Å². The summed E-state index contributed by atoms with van der Waals surface area (Å²) in [5, 5.41) is 14.0. The number of hydrogen-bond acceptors (Lipinski definition) is 3. The van der Waals surface area contributed by atoms with Gasteiger partial charge in [-0.2, -0.15) is 10.4 Å². The Bertz CT molecular complexity index is 638. The number of carbonyl (C=O) groups excluding carboxylic acids is 1. The van der Waals surface area contributed by atoms with Crippen molar-refractivity contribution in [2.45, 2.75) is 26.3 Å². The number of rotatable bonds is 5. The highest BCUT2D eigenvalue weighted by Crippen LogP contribution is 2.19. The molecule has 5 heteroatoms. The minimum atomic E-state index is -0.526. The molecule has 0 saturated carbocycles. The second kappa shape index (κ2) is 5.53. The zero-order chi connectivity index (χ0) is 13.8. The van der Waals surface area contributed by atoms with E-state index in [1.165, 1.54) is 0 Å². The third kappa shape index (κ3) is 2.58. The molecular formula is C14H16N4O. The van der Waals surface area contributed by atoms with Gasteiger partial charge in [0.2, 0.25) is 0 Å². The summed E-state index contributed by atoms with van der Waals surface area (Å²) in [6.07, 6.45) is 1.54. The van der Waals surface area contributed by atoms with Crippen molar-refractivity contribution >= 4 is 16.8 Å². The van der Waals surface area contributed by atoms with Crippen LogP contribution in [0.2, 0.25) is 0 Å². The third-order valence-corrected chi connectivity index (χ3v) is 3.26. The van der Waals surface area contributed by atoms with Gasteiger partial charge in [0.05, 0.1) is 11.6 Å². The highest BCUT2D eigenvalue weighted by Gasteiger charge is 2.15. The van der Waals surface area contributed by atoms with Gasteiger partial charge >= 0.3 is 0 Å². The van der Waals surface area contributed by atoms with E-state index in [1.54, 1.807) is 4.68 Å². The molecule has 1 aromatic carbocycles. The fraction of sp³-hybridized carbons (Fsp3) is 0.357. The molecule has 1 unspecified atom stereocenters. The van der Waals surface area contributed by atoms with Gasteiger partial charge in [0, 0.05) is 17.8 Å². The van der Waals surface area contributed by atoms with Crippen molar-refractivity contribution in [2.75, 3.05) is 0 Å². The molecule has 2 aromatic rings. The second-order valence-electron chi connectivity index (χ2n) is 4.48. The van der Waals surface area contributed by atoms with E-state index >= 15 is 0 Å². The first kappa shape index (κ1) is 13.1. The Labute approximate surface area is 111 Å². The number of fused-ring (bicyclic) bond motifs is 1. The molecule has 0 aliphatic heterocycles. The van der Waals surface area contributed by atoms with Crippen LogP contribution in [-0.4, -0.2) is 15.7 Å². The van der Waals surface area contributed by atoms with Crippen LogP contribution in [0.4, 0.5) is 0 Å². The molecule has 19 heavy (non-hydrogen) atoms. The lowest BCUT2D eigenvalue weighted by Crippen LogP contribution is -2.13. The Hall–Kier alpha value is -2.35. The van der Waals surface area contributed by atoms with E-state index < -0.39 is 5.91 Å². The lowest BCUT2D eigenvalue weighted by atomic mass is 10.1. The molecule has 0 spiro atoms. The summed E-state index contributed by atoms with van der Waals surface area (Å²) in [5.74, 6) is -0.512. The lowest BCUT2D eigenvalue weighted by molar-refractivity contribution is 0.0996. The molecule has 1 aromatic heterocycles. The van der Waals surface area contributed by atoms with Gasteiger partial charge in [-0.15, -0.1) is 0 Å². The summed E-state index contributed by atoms with van der Waals surface area (Å²) >= 11 is 0. The minimum Gasteiger partial charge on any atom is -0.364 e. The standard InChI is InChI=1S/C14H16N4O/c1-2-10(9-15)7-8-18-12-6-4-3-5-11(12)13(17-18)14(16)19/h3-6,10H,2,7-8H2,1H3,(H2,16,19). The van der Waals surface area contributed by atoms with E-state index in [0.717, 1.165) is 23.7 Å². The van der Waals surface area contributed by atoms with E-state index in [2.05, 4.69) is 11.2 Å². The second-order valence-corrected chi connectivity index (χ2v) is 4.48. The van der Waals surface area contributed by atoms with Gasteiger partial charge in [-0.25, -0.2) is 0 Å². The summed E-state index contributed by atoms with van der Waals surface area (Å²) in [7, 11) is 0. The Balaban J connectivity index is 2.34. The lowest BCUT2D eigenvalue weighted by Gasteiger charge is -2.06. The van der Waals surface area contributed by atoms with Gasteiger partial charge in [0.15, 0.2) is 5.69 Å². The first-order valence-corrected chi connectivity index (χ1v) is 6.32. The number of benzene rings is 1. The van der Waals surface area contributed by atoms with Gasteiger partial charge in [-0.05, 0) is 18.9 Å². The Morgan fingerprint density at radius 1 is 1.53 bits per heavy atom. The topological polar surface area (TPSA) is 84.7 Å². The van der Waals surface area contributed by atoms with Crippen LogP contribution in [0.25, 0.3) is 10.9 Å². The van der Waals surface area contributed by atoms with E-state index in [0.29, 0.717) is 12.2 Å². The summed E-state index contributed by atoms with van der Waals surface area (Å²) in [5.41, 5.74) is 6.51. The molecule has 0 aliphatic carbocycles. The van der Waals surface area contributed by atoms with Crippen LogP contribution in [0.15, 0.2) is 24.3 Å². The molecule has 2 N–H and O–H groups in total. The zero-order valence-electron chi connectivity index (χ0n) is 10.8. The first-order valence-electron chi connectivity index (χ1n) is 6.32. The predicted molar refractivity (Wildman–Crippen MR) is 72.3 cm³/mol. The molecule has 1 amide bonds. The smallest absolute Gasteiger partial charge is 0.269 e. The van der Waals surface area contributed by atoms with Crippen LogP contribution in [0.3, 0.4) is 0 Å². The number of amides is 1. The fourth-order valence-electron chi connectivity index (χ4n) is 2.12. The maximum atomic E-state index is 11.4. The quantitative estimate of drug-likeness (QED) is 0.888. The minimum absolute atomic E-state index is 0.0139. The SMILES string of the molecule is CCC(C#N)CCn1nc(C(N)=O)c2ccccc21. The Morgan fingerprint density at radius 2 is 2.26 bits per heavy atom. The molecule has 98 valence electrons. The summed E-state index contributed by atoms with van der Waals surface area (Å²) in [4.78, 5) is 11.4. The molecule has 1 atom stereocenters. The molecule has 0 fully saturated rings. The van der Waals surface area contributed by atoms with Gasteiger partial charge < -0.3 is 5.73 Å². The molecule has 5 nitrogen and oxygen atoms in total. The van der Waals surface area contributed by atoms with E-state index in [4.69, 9.17) is 11.0 Å². The highest BCUT2D eigenvalue weighted by atomic mass is 16.1. The van der Waals surface area contributed by atoms with Gasteiger partial charge in [-0.3, -0.25) is 9.48 Å². The Morgan fingerprint density at radius 3 is 2.89 bits per heavy atom. The van der Waals surface area contributed by atoms with Gasteiger partial charge in [0.1, 0.15) is 0 Å². The number of para-hydroxylation sites is 1. The number of nitrogens with two attached hydrogens (primary N) is 1. The monoisotopic (exact) mass is 256 g/mol. The number of nitriles is 1. The van der Waals surface area contributed by atoms with Crippen molar-refractivity contribution in [1.82, 2.24) is 9.78 Å². The van der Waals surface area contributed by atoms with Crippen LogP contribution in [0.1, 0.15) is 30.3 Å². The number of nitrogens with zero attached hydrogens (tertiary/aromatic N) is 3. The first-order chi connectivity index (χ1) is 9.17. The average molecular weight is 256 g/mol. The van der Waals surface area contributed by atoms with Crippen LogP contribution in [0.5, 0.6) is 0 Å². The Kier molecular flexibility index (Phi) is 3.81. The average Bonchev–Trinajstić information content (AvgIpc) is 2.79. The van der Waals surface area contributed by atoms with Crippen molar-refractivity contribution < 1.29 is 4.79 Å². The predicted octanol–water partition coefficient (Wildman–Crippen LogP) is 2.08. The van der Waals surface area contributed by atoms with Crippen molar-refractivity contribution in [1.29, 1.82) is 5.26 Å². The fourth-order valence-corrected chi connectivity index (χ4v) is 2.12. The van der Waals surface area contributed by atoms with Crippen LogP contribution >= 0.6 is 0 Å². The molecule has 1 heterocycles. The molecule has 0 saturated heterocycles. The molecule has 2 rings (SSSR count). The van der Waals surface area contributed by atoms with Crippen LogP contribution in [-0.2, 0) is 6.54 Å².